The van der Waals surface area contributed by atoms with Gasteiger partial charge in [0.2, 0.25) is 12.7 Å². The number of carbonyl (C=O) groups excluding carboxylic acids is 3. The van der Waals surface area contributed by atoms with Gasteiger partial charge in [0.1, 0.15) is 12.3 Å². The van der Waals surface area contributed by atoms with Crippen molar-refractivity contribution in [3.05, 3.63) is 52.9 Å². The van der Waals surface area contributed by atoms with E-state index in [4.69, 9.17) is 14.2 Å². The van der Waals surface area contributed by atoms with Crippen LogP contribution < -0.4 is 19.5 Å². The van der Waals surface area contributed by atoms with Gasteiger partial charge in [-0.2, -0.15) is 0 Å². The first-order valence-corrected chi connectivity index (χ1v) is 11.0. The zero-order valence-corrected chi connectivity index (χ0v) is 18.4. The Hall–Kier alpha value is -3.46. The van der Waals surface area contributed by atoms with Gasteiger partial charge >= 0.3 is 0 Å². The predicted octanol–water partition coefficient (Wildman–Crippen LogP) is 4.27. The topological polar surface area (TPSA) is 94.2 Å². The summed E-state index contributed by atoms with van der Waals surface area (Å²) in [5.74, 6) is 0.744. The molecule has 1 atom stereocenters. The summed E-state index contributed by atoms with van der Waals surface area (Å²) in [6, 6.07) is 12.3. The minimum Gasteiger partial charge on any atom is -0.490 e. The smallest absolute Gasteiger partial charge is 0.294 e. The van der Waals surface area contributed by atoms with Crippen molar-refractivity contribution in [2.24, 2.45) is 0 Å². The van der Waals surface area contributed by atoms with Crippen LogP contribution in [0.2, 0.25) is 0 Å². The van der Waals surface area contributed by atoms with Crippen LogP contribution in [0.5, 0.6) is 17.2 Å². The summed E-state index contributed by atoms with van der Waals surface area (Å²) in [5, 5.41) is 2.17. The molecule has 0 bridgehead atoms. The highest BCUT2D eigenvalue weighted by Crippen LogP contribution is 2.35. The molecule has 1 saturated heterocycles. The van der Waals surface area contributed by atoms with Gasteiger partial charge in [-0.05, 0) is 49.4 Å². The standard InChI is InChI=1S/C23H22N2O6S/c1-3-14(2)31-17-7-5-4-6-15(17)10-20-22(27)25(23(28)32-20)12-21(26)24-16-8-9-18-19(11-16)30-13-29-18/h4-11,14H,3,12-13H2,1-2H3,(H,24,26)/b20-10+/t14-/m0/s1. The van der Waals surface area contributed by atoms with Crippen LogP contribution in [0.25, 0.3) is 6.08 Å². The van der Waals surface area contributed by atoms with Gasteiger partial charge in [0.15, 0.2) is 11.5 Å². The van der Waals surface area contributed by atoms with E-state index in [9.17, 15) is 14.4 Å². The molecule has 0 unspecified atom stereocenters. The molecular formula is C23H22N2O6S. The molecule has 2 aromatic rings. The Morgan fingerprint density at radius 3 is 2.81 bits per heavy atom. The van der Waals surface area contributed by atoms with E-state index in [1.54, 1.807) is 24.3 Å². The third-order valence-electron chi connectivity index (χ3n) is 4.94. The molecule has 1 N–H and O–H groups in total. The Kier molecular flexibility index (Phi) is 6.36. The molecule has 3 amide bonds. The maximum absolute atomic E-state index is 12.8. The van der Waals surface area contributed by atoms with Crippen LogP contribution in [0, 0.1) is 0 Å². The predicted molar refractivity (Wildman–Crippen MR) is 121 cm³/mol. The van der Waals surface area contributed by atoms with Gasteiger partial charge in [-0.15, -0.1) is 0 Å². The number of amides is 3. The Bertz CT molecular complexity index is 1100. The summed E-state index contributed by atoms with van der Waals surface area (Å²) < 4.78 is 16.4. The molecule has 32 heavy (non-hydrogen) atoms. The summed E-state index contributed by atoms with van der Waals surface area (Å²) in [7, 11) is 0. The van der Waals surface area contributed by atoms with Crippen LogP contribution >= 0.6 is 11.8 Å². The quantitative estimate of drug-likeness (QED) is 0.625. The maximum Gasteiger partial charge on any atom is 0.294 e. The third-order valence-corrected chi connectivity index (χ3v) is 5.85. The van der Waals surface area contributed by atoms with Gasteiger partial charge in [-0.1, -0.05) is 25.1 Å². The molecule has 4 rings (SSSR count). The van der Waals surface area contributed by atoms with E-state index in [0.717, 1.165) is 23.1 Å². The van der Waals surface area contributed by atoms with Crippen LogP contribution in [0.3, 0.4) is 0 Å². The summed E-state index contributed by atoms with van der Waals surface area (Å²) in [5.41, 5.74) is 1.18. The number of ether oxygens (including phenoxy) is 3. The lowest BCUT2D eigenvalue weighted by atomic mass is 10.1. The number of benzene rings is 2. The van der Waals surface area contributed by atoms with E-state index < -0.39 is 17.1 Å². The Balaban J connectivity index is 1.44. The number of carbonyl (C=O) groups is 3. The zero-order valence-electron chi connectivity index (χ0n) is 17.6. The molecule has 2 heterocycles. The van der Waals surface area contributed by atoms with Gasteiger partial charge in [0, 0.05) is 17.3 Å². The van der Waals surface area contributed by atoms with Crippen LogP contribution in [-0.2, 0) is 9.59 Å². The molecule has 0 aromatic heterocycles. The van der Waals surface area contributed by atoms with Crippen molar-refractivity contribution in [1.29, 1.82) is 0 Å². The Labute approximate surface area is 189 Å². The van der Waals surface area contributed by atoms with E-state index in [1.165, 1.54) is 0 Å². The molecule has 2 aliphatic heterocycles. The average Bonchev–Trinajstić information content (AvgIpc) is 3.34. The van der Waals surface area contributed by atoms with Crippen molar-refractivity contribution in [2.75, 3.05) is 18.7 Å². The highest BCUT2D eigenvalue weighted by atomic mass is 32.2. The summed E-state index contributed by atoms with van der Waals surface area (Å²) in [6.45, 7) is 3.72. The van der Waals surface area contributed by atoms with E-state index in [0.29, 0.717) is 28.5 Å². The van der Waals surface area contributed by atoms with E-state index >= 15 is 0 Å². The molecule has 2 aliphatic rings. The highest BCUT2D eigenvalue weighted by molar-refractivity contribution is 8.18. The van der Waals surface area contributed by atoms with Crippen molar-refractivity contribution in [3.63, 3.8) is 0 Å². The molecule has 0 radical (unpaired) electrons. The van der Waals surface area contributed by atoms with Gasteiger partial charge in [-0.25, -0.2) is 0 Å². The minimum absolute atomic E-state index is 0.0134. The van der Waals surface area contributed by atoms with Crippen LogP contribution in [0.15, 0.2) is 47.4 Å². The van der Waals surface area contributed by atoms with Crippen LogP contribution in [0.1, 0.15) is 25.8 Å². The van der Waals surface area contributed by atoms with Crippen molar-refractivity contribution in [2.45, 2.75) is 26.4 Å². The van der Waals surface area contributed by atoms with Gasteiger partial charge in [0.25, 0.3) is 11.1 Å². The van der Waals surface area contributed by atoms with Crippen molar-refractivity contribution in [3.8, 4) is 17.2 Å². The average molecular weight is 455 g/mol. The number of hydrogen-bond acceptors (Lipinski definition) is 7. The summed E-state index contributed by atoms with van der Waals surface area (Å²) in [4.78, 5) is 38.8. The van der Waals surface area contributed by atoms with Crippen molar-refractivity contribution in [1.82, 2.24) is 4.90 Å². The lowest BCUT2D eigenvalue weighted by molar-refractivity contribution is -0.127. The number of nitrogens with one attached hydrogen (secondary N) is 1. The molecule has 1 fully saturated rings. The van der Waals surface area contributed by atoms with E-state index in [2.05, 4.69) is 5.32 Å². The molecule has 0 saturated carbocycles. The molecule has 0 spiro atoms. The molecule has 166 valence electrons. The number of nitrogens with zero attached hydrogens (tertiary/aromatic N) is 1. The van der Waals surface area contributed by atoms with Gasteiger partial charge in [0.05, 0.1) is 11.0 Å². The monoisotopic (exact) mass is 454 g/mol. The van der Waals surface area contributed by atoms with Crippen molar-refractivity contribution < 1.29 is 28.6 Å². The number of imide groups is 1. The number of anilines is 1. The molecular weight excluding hydrogens is 432 g/mol. The second-order valence-corrected chi connectivity index (χ2v) is 8.25. The lowest BCUT2D eigenvalue weighted by Gasteiger charge is -2.15. The van der Waals surface area contributed by atoms with Gasteiger partial charge < -0.3 is 19.5 Å². The molecule has 9 heteroatoms. The molecule has 2 aromatic carbocycles. The number of thioether (sulfide) groups is 1. The second kappa shape index (κ2) is 9.35. The fraction of sp³-hybridized carbons (Fsp3) is 0.261. The van der Waals surface area contributed by atoms with E-state index in [-0.39, 0.29) is 24.3 Å². The first kappa shape index (κ1) is 21.8. The number of fused-ring (bicyclic) bond motifs is 1. The highest BCUT2D eigenvalue weighted by Gasteiger charge is 2.36. The minimum atomic E-state index is -0.515. The maximum atomic E-state index is 12.8. The number of para-hydroxylation sites is 1. The summed E-state index contributed by atoms with van der Waals surface area (Å²) >= 11 is 0.801. The molecule has 0 aliphatic carbocycles. The van der Waals surface area contributed by atoms with Crippen LogP contribution in [-0.4, -0.2) is 41.4 Å². The SMILES string of the molecule is CC[C@H](C)Oc1ccccc1/C=C1/SC(=O)N(CC(=O)Nc2ccc3c(c2)OCO3)C1=O. The first-order chi connectivity index (χ1) is 15.4. The third kappa shape index (κ3) is 4.72. The fourth-order valence-electron chi connectivity index (χ4n) is 3.10. The van der Waals surface area contributed by atoms with Crippen LogP contribution in [0.4, 0.5) is 10.5 Å². The van der Waals surface area contributed by atoms with Gasteiger partial charge in [-0.3, -0.25) is 19.3 Å². The Morgan fingerprint density at radius 2 is 2.00 bits per heavy atom. The number of hydrogen-bond donors (Lipinski definition) is 1. The second-order valence-electron chi connectivity index (χ2n) is 7.26. The largest absolute Gasteiger partial charge is 0.490 e. The van der Waals surface area contributed by atoms with Crippen molar-refractivity contribution >= 4 is 40.6 Å². The van der Waals surface area contributed by atoms with E-state index in [1.807, 2.05) is 38.1 Å². The number of rotatable bonds is 7. The normalized spacial score (nSPS) is 17.1. The zero-order chi connectivity index (χ0) is 22.7. The molecule has 8 nitrogen and oxygen atoms in total. The Morgan fingerprint density at radius 1 is 1.22 bits per heavy atom. The summed E-state index contributed by atoms with van der Waals surface area (Å²) in [6.07, 6.45) is 2.47. The lowest BCUT2D eigenvalue weighted by Crippen LogP contribution is -2.36. The first-order valence-electron chi connectivity index (χ1n) is 10.1. The fourth-order valence-corrected chi connectivity index (χ4v) is 3.93.